The predicted octanol–water partition coefficient (Wildman–Crippen LogP) is 1.65. The van der Waals surface area contributed by atoms with E-state index in [0.717, 1.165) is 23.3 Å². The number of aryl methyl sites for hydroxylation is 1. The van der Waals surface area contributed by atoms with Gasteiger partial charge in [0.05, 0.1) is 18.1 Å². The Kier molecular flexibility index (Phi) is 4.18. The van der Waals surface area contributed by atoms with E-state index in [1.807, 2.05) is 19.1 Å². The van der Waals surface area contributed by atoms with Gasteiger partial charge in [0.25, 0.3) is 5.91 Å². The molecule has 0 saturated carbocycles. The van der Waals surface area contributed by atoms with Gasteiger partial charge in [-0.25, -0.2) is 9.78 Å². The number of amides is 2. The van der Waals surface area contributed by atoms with Gasteiger partial charge in [0, 0.05) is 38.2 Å². The van der Waals surface area contributed by atoms with Crippen LogP contribution in [-0.4, -0.2) is 65.1 Å². The number of aromatic amines is 1. The molecular weight excluding hydrogens is 296 g/mol. The fourth-order valence-corrected chi connectivity index (χ4v) is 2.77. The molecular formula is C16H20N4O3. The number of rotatable bonds is 2. The van der Waals surface area contributed by atoms with Crippen LogP contribution in [0, 0.1) is 0 Å². The minimum Gasteiger partial charge on any atom is -0.453 e. The maximum absolute atomic E-state index is 12.6. The highest BCUT2D eigenvalue weighted by molar-refractivity contribution is 5.97. The molecule has 0 unspecified atom stereocenters. The van der Waals surface area contributed by atoms with Crippen molar-refractivity contribution in [1.82, 2.24) is 19.8 Å². The molecule has 1 aromatic heterocycles. The van der Waals surface area contributed by atoms with Crippen LogP contribution in [0.5, 0.6) is 0 Å². The largest absolute Gasteiger partial charge is 0.453 e. The Morgan fingerprint density at radius 2 is 1.91 bits per heavy atom. The quantitative estimate of drug-likeness (QED) is 0.914. The molecule has 1 saturated heterocycles. The Morgan fingerprint density at radius 3 is 2.57 bits per heavy atom. The minimum absolute atomic E-state index is 0.0240. The van der Waals surface area contributed by atoms with Crippen LogP contribution in [-0.2, 0) is 11.2 Å². The van der Waals surface area contributed by atoms with Crippen molar-refractivity contribution in [2.24, 2.45) is 0 Å². The Hall–Kier alpha value is -2.57. The molecule has 1 aromatic carbocycles. The second-order valence-corrected chi connectivity index (χ2v) is 5.52. The summed E-state index contributed by atoms with van der Waals surface area (Å²) in [6, 6.07) is 5.51. The monoisotopic (exact) mass is 316 g/mol. The van der Waals surface area contributed by atoms with Crippen LogP contribution < -0.4 is 0 Å². The van der Waals surface area contributed by atoms with E-state index in [0.29, 0.717) is 31.7 Å². The highest BCUT2D eigenvalue weighted by atomic mass is 16.5. The maximum atomic E-state index is 12.6. The lowest BCUT2D eigenvalue weighted by molar-refractivity contribution is 0.0600. The first-order valence-corrected chi connectivity index (χ1v) is 7.73. The normalized spacial score (nSPS) is 15.0. The number of carbonyl (C=O) groups is 2. The topological polar surface area (TPSA) is 78.5 Å². The van der Waals surface area contributed by atoms with Gasteiger partial charge in [-0.3, -0.25) is 4.79 Å². The molecule has 1 aliphatic heterocycles. The molecule has 1 fully saturated rings. The zero-order chi connectivity index (χ0) is 16.4. The predicted molar refractivity (Wildman–Crippen MR) is 85.4 cm³/mol. The first kappa shape index (κ1) is 15.3. The van der Waals surface area contributed by atoms with Gasteiger partial charge in [0.1, 0.15) is 5.82 Å². The SMILES string of the molecule is CCc1nc2ccc(C(=O)N3CCN(C(=O)OC)CC3)cc2[nH]1. The number of aromatic nitrogens is 2. The standard InChI is InChI=1S/C16H20N4O3/c1-3-14-17-12-5-4-11(10-13(12)18-14)15(21)19-6-8-20(9-7-19)16(22)23-2/h4-5,10H,3,6-9H2,1-2H3,(H,17,18). The van der Waals surface area contributed by atoms with Crippen LogP contribution in [0.15, 0.2) is 18.2 Å². The molecule has 7 nitrogen and oxygen atoms in total. The first-order chi connectivity index (χ1) is 11.1. The molecule has 0 bridgehead atoms. The van der Waals surface area contributed by atoms with Crippen molar-refractivity contribution in [1.29, 1.82) is 0 Å². The van der Waals surface area contributed by atoms with Crippen molar-refractivity contribution in [3.8, 4) is 0 Å². The average Bonchev–Trinajstić information content (AvgIpc) is 3.02. The molecule has 2 amide bonds. The Labute approximate surface area is 134 Å². The van der Waals surface area contributed by atoms with Crippen LogP contribution in [0.1, 0.15) is 23.1 Å². The Balaban J connectivity index is 1.72. The smallest absolute Gasteiger partial charge is 0.409 e. The second kappa shape index (κ2) is 6.28. The van der Waals surface area contributed by atoms with Crippen molar-refractivity contribution in [2.45, 2.75) is 13.3 Å². The van der Waals surface area contributed by atoms with E-state index in [2.05, 4.69) is 9.97 Å². The molecule has 2 heterocycles. The zero-order valence-corrected chi connectivity index (χ0v) is 13.3. The highest BCUT2D eigenvalue weighted by Crippen LogP contribution is 2.16. The van der Waals surface area contributed by atoms with Crippen LogP contribution in [0.2, 0.25) is 0 Å². The fourth-order valence-electron chi connectivity index (χ4n) is 2.77. The van der Waals surface area contributed by atoms with E-state index in [-0.39, 0.29) is 12.0 Å². The number of fused-ring (bicyclic) bond motifs is 1. The van der Waals surface area contributed by atoms with Gasteiger partial charge >= 0.3 is 6.09 Å². The molecule has 0 radical (unpaired) electrons. The summed E-state index contributed by atoms with van der Waals surface area (Å²) in [5, 5.41) is 0. The highest BCUT2D eigenvalue weighted by Gasteiger charge is 2.25. The molecule has 1 aliphatic rings. The van der Waals surface area contributed by atoms with Crippen LogP contribution in [0.4, 0.5) is 4.79 Å². The van der Waals surface area contributed by atoms with Crippen molar-refractivity contribution < 1.29 is 14.3 Å². The van der Waals surface area contributed by atoms with E-state index in [9.17, 15) is 9.59 Å². The molecule has 122 valence electrons. The number of piperazine rings is 1. The summed E-state index contributed by atoms with van der Waals surface area (Å²) in [6.45, 7) is 4.03. The lowest BCUT2D eigenvalue weighted by Gasteiger charge is -2.33. The van der Waals surface area contributed by atoms with Crippen LogP contribution in [0.3, 0.4) is 0 Å². The number of hydrogen-bond donors (Lipinski definition) is 1. The molecule has 3 rings (SSSR count). The van der Waals surface area contributed by atoms with E-state index >= 15 is 0 Å². The molecule has 0 aliphatic carbocycles. The summed E-state index contributed by atoms with van der Waals surface area (Å²) in [5.41, 5.74) is 2.38. The van der Waals surface area contributed by atoms with Crippen molar-refractivity contribution in [2.75, 3.05) is 33.3 Å². The van der Waals surface area contributed by atoms with E-state index < -0.39 is 0 Å². The van der Waals surface area contributed by atoms with Crippen LogP contribution in [0.25, 0.3) is 11.0 Å². The number of nitrogens with zero attached hydrogens (tertiary/aromatic N) is 3. The van der Waals surface area contributed by atoms with Gasteiger partial charge in [-0.15, -0.1) is 0 Å². The average molecular weight is 316 g/mol. The first-order valence-electron chi connectivity index (χ1n) is 7.73. The summed E-state index contributed by atoms with van der Waals surface area (Å²) >= 11 is 0. The third kappa shape index (κ3) is 2.99. The summed E-state index contributed by atoms with van der Waals surface area (Å²) in [6.07, 6.45) is 0.482. The fraction of sp³-hybridized carbons (Fsp3) is 0.438. The van der Waals surface area contributed by atoms with Crippen molar-refractivity contribution >= 4 is 23.0 Å². The molecule has 1 N–H and O–H groups in total. The molecule has 7 heteroatoms. The van der Waals surface area contributed by atoms with Crippen molar-refractivity contribution in [3.63, 3.8) is 0 Å². The number of ether oxygens (including phenoxy) is 1. The molecule has 23 heavy (non-hydrogen) atoms. The third-order valence-corrected chi connectivity index (χ3v) is 4.11. The van der Waals surface area contributed by atoms with Crippen LogP contribution >= 0.6 is 0 Å². The number of H-pyrrole nitrogens is 1. The Bertz CT molecular complexity index is 732. The number of carbonyl (C=O) groups excluding carboxylic acids is 2. The second-order valence-electron chi connectivity index (χ2n) is 5.52. The van der Waals surface area contributed by atoms with E-state index in [4.69, 9.17) is 4.74 Å². The van der Waals surface area contributed by atoms with Gasteiger partial charge < -0.3 is 19.5 Å². The number of nitrogens with one attached hydrogen (secondary N) is 1. The van der Waals surface area contributed by atoms with Crippen molar-refractivity contribution in [3.05, 3.63) is 29.6 Å². The number of hydrogen-bond acceptors (Lipinski definition) is 4. The lowest BCUT2D eigenvalue weighted by Crippen LogP contribution is -2.50. The minimum atomic E-state index is -0.344. The summed E-state index contributed by atoms with van der Waals surface area (Å²) in [5.74, 6) is 0.889. The zero-order valence-electron chi connectivity index (χ0n) is 13.3. The molecule has 0 spiro atoms. The molecule has 0 atom stereocenters. The van der Waals surface area contributed by atoms with Gasteiger partial charge in [-0.05, 0) is 18.2 Å². The van der Waals surface area contributed by atoms with Gasteiger partial charge in [0.15, 0.2) is 0 Å². The number of benzene rings is 1. The molecule has 2 aromatic rings. The van der Waals surface area contributed by atoms with Gasteiger partial charge in [-0.2, -0.15) is 0 Å². The number of methoxy groups -OCH3 is 1. The summed E-state index contributed by atoms with van der Waals surface area (Å²) < 4.78 is 4.70. The summed E-state index contributed by atoms with van der Waals surface area (Å²) in [7, 11) is 1.37. The lowest BCUT2D eigenvalue weighted by atomic mass is 10.1. The van der Waals surface area contributed by atoms with Gasteiger partial charge in [-0.1, -0.05) is 6.92 Å². The maximum Gasteiger partial charge on any atom is 0.409 e. The summed E-state index contributed by atoms with van der Waals surface area (Å²) in [4.78, 5) is 35.1. The number of imidazole rings is 1. The Morgan fingerprint density at radius 1 is 1.22 bits per heavy atom. The van der Waals surface area contributed by atoms with E-state index in [1.165, 1.54) is 7.11 Å². The van der Waals surface area contributed by atoms with E-state index in [1.54, 1.807) is 15.9 Å². The third-order valence-electron chi connectivity index (χ3n) is 4.11. The van der Waals surface area contributed by atoms with Gasteiger partial charge in [0.2, 0.25) is 0 Å².